The van der Waals surface area contributed by atoms with Gasteiger partial charge in [-0.2, -0.15) is 0 Å². The van der Waals surface area contributed by atoms with Crippen LogP contribution in [0.5, 0.6) is 5.75 Å². The Morgan fingerprint density at radius 2 is 1.08 bits per heavy atom. The van der Waals surface area contributed by atoms with Gasteiger partial charge in [-0.05, 0) is 95.0 Å². The summed E-state index contributed by atoms with van der Waals surface area (Å²) >= 11 is 0. The SMILES string of the molecule is C/C=C(\C(=O)N(C)C(COC)C(=O)C(C)C(C(=O)NC(C)C(=O)N(C)C(CC(C)C)C(=O)NC(Cc1ccc(OC)cc1)C(=O)N(C)C(C)C(=O)O)C(C)CC)N(C)C(=O)C(CC(C)C)N(C)C(=O)C(COC)N(C)C(=O)C(OC(=O)C(C(C)C)N(C)C)C(C)C. The van der Waals surface area contributed by atoms with Crippen molar-refractivity contribution in [2.75, 3.05) is 90.9 Å². The van der Waals surface area contributed by atoms with E-state index < -0.39 is 143 Å². The van der Waals surface area contributed by atoms with Gasteiger partial charge in [0.05, 0.1) is 26.2 Å². The number of Topliss-reactive ketones (excluding diaryl/α,β-unsaturated/α-hetero) is 1. The molecule has 1 aromatic carbocycles. The van der Waals surface area contributed by atoms with E-state index in [-0.39, 0.29) is 55.9 Å². The highest BCUT2D eigenvalue weighted by Gasteiger charge is 2.45. The molecule has 0 heterocycles. The van der Waals surface area contributed by atoms with Crippen molar-refractivity contribution in [2.24, 2.45) is 41.4 Å². The van der Waals surface area contributed by atoms with E-state index in [2.05, 4.69) is 10.6 Å². The maximum atomic E-state index is 14.9. The first-order valence-corrected chi connectivity index (χ1v) is 31.4. The van der Waals surface area contributed by atoms with Crippen molar-refractivity contribution in [1.29, 1.82) is 0 Å². The molecule has 25 heteroatoms. The molecule has 0 radical (unpaired) electrons. The summed E-state index contributed by atoms with van der Waals surface area (Å²) in [5.41, 5.74) is 0.481. The highest BCUT2D eigenvalue weighted by Crippen LogP contribution is 2.29. The van der Waals surface area contributed by atoms with Crippen molar-refractivity contribution < 1.29 is 76.8 Å². The van der Waals surface area contributed by atoms with Crippen LogP contribution in [0.3, 0.4) is 0 Å². The van der Waals surface area contributed by atoms with Crippen LogP contribution < -0.4 is 15.4 Å². The number of likely N-dealkylation sites (N-methyl/N-ethyl adjacent to an activating group) is 7. The van der Waals surface area contributed by atoms with Crippen molar-refractivity contribution in [3.05, 3.63) is 41.6 Å². The predicted molar refractivity (Wildman–Crippen MR) is 346 cm³/mol. The fourth-order valence-corrected chi connectivity index (χ4v) is 11.0. The third-order valence-corrected chi connectivity index (χ3v) is 17.0. The zero-order valence-corrected chi connectivity index (χ0v) is 59.1. The van der Waals surface area contributed by atoms with E-state index in [0.29, 0.717) is 17.7 Å². The minimum absolute atomic E-state index is 0.0263. The number of carbonyl (C=O) groups is 11. The Morgan fingerprint density at radius 1 is 0.571 bits per heavy atom. The van der Waals surface area contributed by atoms with Gasteiger partial charge in [-0.25, -0.2) is 4.79 Å². The number of carboxylic acid groups (broad SMARTS) is 1. The second-order valence-corrected chi connectivity index (χ2v) is 25.7. The normalized spacial score (nSPS) is 15.8. The smallest absolute Gasteiger partial charge is 0.326 e. The molecule has 0 fully saturated rings. The first-order valence-electron chi connectivity index (χ1n) is 31.4. The number of ether oxygens (including phenoxy) is 4. The minimum atomic E-state index is -1.31. The lowest BCUT2D eigenvalue weighted by atomic mass is 9.77. The molecule has 25 nitrogen and oxygen atoms in total. The molecule has 0 aliphatic carbocycles. The van der Waals surface area contributed by atoms with Gasteiger partial charge in [0.25, 0.3) is 11.8 Å². The number of benzene rings is 1. The molecule has 8 amide bonds. The van der Waals surface area contributed by atoms with Gasteiger partial charge < -0.3 is 64.1 Å². The third kappa shape index (κ3) is 22.7. The van der Waals surface area contributed by atoms with Gasteiger partial charge in [0.15, 0.2) is 11.9 Å². The Bertz CT molecular complexity index is 2640. The Balaban J connectivity index is 3.64. The Morgan fingerprint density at radius 3 is 1.53 bits per heavy atom. The fourth-order valence-electron chi connectivity index (χ4n) is 11.0. The standard InChI is InChI=1S/C66H111N9O16/c1-26-41(11)53(58(78)67-43(13)59(79)72(19)49(32-37(3)4)57(77)68-47(60(80)70(17)44(14)65(85)86)34-45-28-30-46(90-25)31-29-45)42(12)55(76)51(35-88-23)74(21)61(81)48(27-2)71(18)62(82)50(33-38(5)6)73(20)63(83)52(36-89-24)75(22)64(84)56(40(9)10)91-66(87)54(39(7)8)69(15)16/h27-31,37-44,47,49-54,56H,26,32-36H2,1-25H3,(H,67,78)(H,68,77)(H,85,86)/b48-27+. The van der Waals surface area contributed by atoms with Gasteiger partial charge >= 0.3 is 11.9 Å². The van der Waals surface area contributed by atoms with E-state index in [9.17, 15) is 57.8 Å². The number of ketones is 1. The quantitative estimate of drug-likeness (QED) is 0.0616. The molecule has 0 aliphatic rings. The molecule has 0 saturated carbocycles. The molecule has 0 spiro atoms. The van der Waals surface area contributed by atoms with Crippen molar-refractivity contribution >= 4 is 65.0 Å². The van der Waals surface area contributed by atoms with Gasteiger partial charge in [0.2, 0.25) is 35.4 Å². The predicted octanol–water partition coefficient (Wildman–Crippen LogP) is 4.24. The maximum absolute atomic E-state index is 14.9. The van der Waals surface area contributed by atoms with E-state index >= 15 is 0 Å². The lowest BCUT2D eigenvalue weighted by molar-refractivity contribution is -0.170. The fraction of sp³-hybridized carbons (Fsp3) is 0.712. The summed E-state index contributed by atoms with van der Waals surface area (Å²) in [6.45, 7) is 23.5. The summed E-state index contributed by atoms with van der Waals surface area (Å²) in [5.74, 6) is -10.9. The Hall–Kier alpha value is -6.99. The monoisotopic (exact) mass is 1290 g/mol. The average Bonchev–Trinajstić information content (AvgIpc) is 2.43. The molecule has 0 aliphatic heterocycles. The summed E-state index contributed by atoms with van der Waals surface area (Å²) in [4.78, 5) is 165. The first-order chi connectivity index (χ1) is 42.3. The van der Waals surface area contributed by atoms with Crippen LogP contribution in [0.4, 0.5) is 0 Å². The minimum Gasteiger partial charge on any atom is -0.497 e. The Labute approximate surface area is 541 Å². The van der Waals surface area contributed by atoms with Crippen molar-refractivity contribution in [2.45, 2.75) is 177 Å². The molecular weight excluding hydrogens is 1170 g/mol. The lowest BCUT2D eigenvalue weighted by Gasteiger charge is -2.38. The number of nitrogens with zero attached hydrogens (tertiary/aromatic N) is 7. The van der Waals surface area contributed by atoms with E-state index in [0.717, 1.165) is 19.6 Å². The topological polar surface area (TPSA) is 292 Å². The van der Waals surface area contributed by atoms with Crippen LogP contribution in [0.2, 0.25) is 0 Å². The van der Waals surface area contributed by atoms with E-state index in [4.69, 9.17) is 18.9 Å². The second kappa shape index (κ2) is 38.1. The maximum Gasteiger partial charge on any atom is 0.326 e. The molecule has 91 heavy (non-hydrogen) atoms. The number of aliphatic carboxylic acids is 1. The largest absolute Gasteiger partial charge is 0.497 e. The number of carboxylic acids is 1. The molecule has 0 bridgehead atoms. The number of nitrogens with one attached hydrogen (secondary N) is 2. The third-order valence-electron chi connectivity index (χ3n) is 17.0. The van der Waals surface area contributed by atoms with E-state index in [1.54, 1.807) is 71.0 Å². The number of allylic oxidation sites excluding steroid dienone is 1. The van der Waals surface area contributed by atoms with Crippen LogP contribution in [-0.2, 0) is 73.4 Å². The number of methoxy groups -OCH3 is 3. The number of hydrogen-bond acceptors (Lipinski definition) is 16. The molecule has 12 atom stereocenters. The average molecular weight is 1290 g/mol. The van der Waals surface area contributed by atoms with E-state index in [1.165, 1.54) is 100 Å². The van der Waals surface area contributed by atoms with Gasteiger partial charge in [-0.15, -0.1) is 0 Å². The zero-order chi connectivity index (χ0) is 70.4. The number of amides is 8. The zero-order valence-electron chi connectivity index (χ0n) is 59.1. The summed E-state index contributed by atoms with van der Waals surface area (Å²) < 4.78 is 22.1. The molecule has 516 valence electrons. The second-order valence-electron chi connectivity index (χ2n) is 25.7. The molecule has 0 saturated heterocycles. The number of rotatable bonds is 38. The highest BCUT2D eigenvalue weighted by molar-refractivity contribution is 6.03. The van der Waals surface area contributed by atoms with Gasteiger partial charge in [-0.3, -0.25) is 52.8 Å². The van der Waals surface area contributed by atoms with Crippen LogP contribution in [-0.4, -0.2) is 250 Å². The first kappa shape index (κ1) is 82.0. The van der Waals surface area contributed by atoms with Gasteiger partial charge in [0.1, 0.15) is 59.8 Å². The van der Waals surface area contributed by atoms with Crippen LogP contribution in [0.25, 0.3) is 0 Å². The molecule has 3 N–H and O–H groups in total. The molecule has 12 unspecified atom stereocenters. The molecule has 1 rings (SSSR count). The van der Waals surface area contributed by atoms with Crippen molar-refractivity contribution in [3.8, 4) is 5.75 Å². The van der Waals surface area contributed by atoms with Crippen LogP contribution >= 0.6 is 0 Å². The number of hydrogen-bond donors (Lipinski definition) is 3. The van der Waals surface area contributed by atoms with E-state index in [1.807, 2.05) is 48.5 Å². The van der Waals surface area contributed by atoms with Crippen LogP contribution in [0, 0.1) is 41.4 Å². The van der Waals surface area contributed by atoms with Crippen LogP contribution in [0.1, 0.15) is 122 Å². The highest BCUT2D eigenvalue weighted by atomic mass is 16.6. The molecular formula is C66H111N9O16. The van der Waals surface area contributed by atoms with Gasteiger partial charge in [-0.1, -0.05) is 101 Å². The van der Waals surface area contributed by atoms with Gasteiger partial charge in [0, 0.05) is 68.8 Å². The van der Waals surface area contributed by atoms with Crippen LogP contribution in [0.15, 0.2) is 36.0 Å². The number of carbonyl (C=O) groups excluding carboxylic acids is 10. The lowest BCUT2D eigenvalue weighted by Crippen LogP contribution is -2.59. The molecule has 1 aromatic rings. The van der Waals surface area contributed by atoms with Crippen molar-refractivity contribution in [1.82, 2.24) is 44.9 Å². The summed E-state index contributed by atoms with van der Waals surface area (Å²) in [5, 5.41) is 15.3. The summed E-state index contributed by atoms with van der Waals surface area (Å²) in [6, 6.07) is -2.55. The number of esters is 1. The molecule has 0 aromatic heterocycles. The summed E-state index contributed by atoms with van der Waals surface area (Å²) in [6.07, 6.45) is 0.787. The Kier molecular flexibility index (Phi) is 34.4. The summed E-state index contributed by atoms with van der Waals surface area (Å²) in [7, 11) is 16.0. The van der Waals surface area contributed by atoms with Crippen molar-refractivity contribution in [3.63, 3.8) is 0 Å².